The van der Waals surface area contributed by atoms with Crippen LogP contribution in [0.2, 0.25) is 5.02 Å². The summed E-state index contributed by atoms with van der Waals surface area (Å²) in [7, 11) is 0. The minimum atomic E-state index is 0.542. The Labute approximate surface area is 159 Å². The van der Waals surface area contributed by atoms with Gasteiger partial charge < -0.3 is 14.8 Å². The molecule has 0 aliphatic carbocycles. The highest BCUT2D eigenvalue weighted by atomic mass is 35.5. The number of aryl methyl sites for hydroxylation is 1. The summed E-state index contributed by atoms with van der Waals surface area (Å²) in [5.74, 6) is 1.68. The zero-order chi connectivity index (χ0) is 18.2. The van der Waals surface area contributed by atoms with Crippen molar-refractivity contribution in [1.29, 1.82) is 0 Å². The van der Waals surface area contributed by atoms with Gasteiger partial charge in [0.2, 0.25) is 0 Å². The van der Waals surface area contributed by atoms with E-state index in [0.29, 0.717) is 19.8 Å². The van der Waals surface area contributed by atoms with E-state index in [2.05, 4.69) is 17.4 Å². The van der Waals surface area contributed by atoms with Crippen molar-refractivity contribution in [2.24, 2.45) is 0 Å². The van der Waals surface area contributed by atoms with Crippen molar-refractivity contribution >= 4 is 17.3 Å². The summed E-state index contributed by atoms with van der Waals surface area (Å²) >= 11 is 5.97. The third-order valence-electron chi connectivity index (χ3n) is 3.94. The second-order valence-corrected chi connectivity index (χ2v) is 6.39. The molecule has 1 N–H and O–H groups in total. The Morgan fingerprint density at radius 1 is 0.846 bits per heavy atom. The zero-order valence-corrected chi connectivity index (χ0v) is 15.5. The molecule has 0 aromatic heterocycles. The van der Waals surface area contributed by atoms with Crippen LogP contribution in [0.25, 0.3) is 0 Å². The monoisotopic (exact) mass is 367 g/mol. The van der Waals surface area contributed by atoms with E-state index in [1.54, 1.807) is 0 Å². The van der Waals surface area contributed by atoms with Crippen molar-refractivity contribution in [3.05, 3.63) is 88.9 Å². The third-order valence-corrected chi connectivity index (χ3v) is 4.17. The highest BCUT2D eigenvalue weighted by molar-refractivity contribution is 6.30. The predicted molar refractivity (Wildman–Crippen MR) is 107 cm³/mol. The molecule has 0 bridgehead atoms. The van der Waals surface area contributed by atoms with E-state index >= 15 is 0 Å². The maximum Gasteiger partial charge on any atom is 0.142 e. The van der Waals surface area contributed by atoms with Gasteiger partial charge in [-0.15, -0.1) is 0 Å². The van der Waals surface area contributed by atoms with E-state index in [4.69, 9.17) is 21.1 Å². The molecule has 0 aliphatic rings. The first-order chi connectivity index (χ1) is 12.7. The predicted octanol–water partition coefficient (Wildman–Crippen LogP) is 5.72. The third kappa shape index (κ3) is 5.17. The molecule has 0 radical (unpaired) electrons. The van der Waals surface area contributed by atoms with Crippen molar-refractivity contribution in [3.63, 3.8) is 0 Å². The van der Waals surface area contributed by atoms with Crippen LogP contribution < -0.4 is 14.8 Å². The molecule has 3 nitrogen and oxygen atoms in total. The summed E-state index contributed by atoms with van der Waals surface area (Å²) in [5, 5.41) is 4.09. The fraction of sp³-hybridized carbons (Fsp3) is 0.182. The van der Waals surface area contributed by atoms with Crippen LogP contribution in [0.15, 0.2) is 72.8 Å². The number of ether oxygens (including phenoxy) is 2. The first-order valence-corrected chi connectivity index (χ1v) is 8.99. The first-order valence-electron chi connectivity index (χ1n) is 8.61. The van der Waals surface area contributed by atoms with Crippen LogP contribution >= 0.6 is 11.6 Å². The van der Waals surface area contributed by atoms with E-state index in [9.17, 15) is 0 Å². The molecule has 26 heavy (non-hydrogen) atoms. The molecule has 0 unspecified atom stereocenters. The normalized spacial score (nSPS) is 10.4. The zero-order valence-electron chi connectivity index (χ0n) is 14.7. The highest BCUT2D eigenvalue weighted by Crippen LogP contribution is 2.25. The number of anilines is 1. The number of halogens is 1. The summed E-state index contributed by atoms with van der Waals surface area (Å²) in [6.07, 6.45) is 0. The number of hydrogen-bond donors (Lipinski definition) is 1. The van der Waals surface area contributed by atoms with Crippen molar-refractivity contribution in [2.45, 2.75) is 13.5 Å². The SMILES string of the molecule is Cc1cc(Cl)ccc1OCCNc1ccccc1OCc1ccccc1. The summed E-state index contributed by atoms with van der Waals surface area (Å²) in [6.45, 7) is 3.75. The molecule has 0 aliphatic heterocycles. The maximum absolute atomic E-state index is 5.97. The Hall–Kier alpha value is -2.65. The number of hydrogen-bond acceptors (Lipinski definition) is 3. The molecule has 0 heterocycles. The minimum absolute atomic E-state index is 0.542. The maximum atomic E-state index is 5.97. The van der Waals surface area contributed by atoms with Gasteiger partial charge in [-0.2, -0.15) is 0 Å². The molecule has 0 amide bonds. The van der Waals surface area contributed by atoms with E-state index in [1.807, 2.05) is 67.6 Å². The van der Waals surface area contributed by atoms with Crippen molar-refractivity contribution < 1.29 is 9.47 Å². The van der Waals surface area contributed by atoms with Gasteiger partial charge in [-0.05, 0) is 48.4 Å². The Morgan fingerprint density at radius 2 is 1.62 bits per heavy atom. The fourth-order valence-electron chi connectivity index (χ4n) is 2.60. The summed E-state index contributed by atoms with van der Waals surface area (Å²) in [6, 6.07) is 23.7. The van der Waals surface area contributed by atoms with Crippen molar-refractivity contribution in [1.82, 2.24) is 0 Å². The van der Waals surface area contributed by atoms with Gasteiger partial charge in [0.25, 0.3) is 0 Å². The Kier molecular flexibility index (Phi) is 6.39. The van der Waals surface area contributed by atoms with Crippen LogP contribution in [-0.4, -0.2) is 13.2 Å². The standard InChI is InChI=1S/C22H22ClNO2/c1-17-15-19(23)11-12-21(17)25-14-13-24-20-9-5-6-10-22(20)26-16-18-7-3-2-4-8-18/h2-12,15,24H,13-14,16H2,1H3. The van der Waals surface area contributed by atoms with Crippen LogP contribution in [0.5, 0.6) is 11.5 Å². The van der Waals surface area contributed by atoms with Gasteiger partial charge in [-0.3, -0.25) is 0 Å². The molecule has 0 fully saturated rings. The fourth-order valence-corrected chi connectivity index (χ4v) is 2.82. The molecular weight excluding hydrogens is 346 g/mol. The van der Waals surface area contributed by atoms with Crippen molar-refractivity contribution in [3.8, 4) is 11.5 Å². The largest absolute Gasteiger partial charge is 0.491 e. The van der Waals surface area contributed by atoms with E-state index < -0.39 is 0 Å². The molecule has 3 rings (SSSR count). The first kappa shape index (κ1) is 18.2. The molecule has 0 atom stereocenters. The Morgan fingerprint density at radius 3 is 2.42 bits per heavy atom. The molecule has 3 aromatic rings. The van der Waals surface area contributed by atoms with Crippen LogP contribution in [-0.2, 0) is 6.61 Å². The second kappa shape index (κ2) is 9.16. The second-order valence-electron chi connectivity index (χ2n) is 5.96. The summed E-state index contributed by atoms with van der Waals surface area (Å²) in [4.78, 5) is 0. The molecule has 0 spiro atoms. The molecule has 0 saturated carbocycles. The quantitative estimate of drug-likeness (QED) is 0.516. The number of benzene rings is 3. The van der Waals surface area contributed by atoms with Gasteiger partial charge in [-0.1, -0.05) is 54.1 Å². The van der Waals surface area contributed by atoms with Crippen LogP contribution in [0.1, 0.15) is 11.1 Å². The van der Waals surface area contributed by atoms with Crippen LogP contribution in [0.4, 0.5) is 5.69 Å². The van der Waals surface area contributed by atoms with Gasteiger partial charge in [-0.25, -0.2) is 0 Å². The average molecular weight is 368 g/mol. The van der Waals surface area contributed by atoms with E-state index in [0.717, 1.165) is 33.3 Å². The van der Waals surface area contributed by atoms with Crippen LogP contribution in [0, 0.1) is 6.92 Å². The smallest absolute Gasteiger partial charge is 0.142 e. The van der Waals surface area contributed by atoms with Crippen molar-refractivity contribution in [2.75, 3.05) is 18.5 Å². The number of nitrogens with one attached hydrogen (secondary N) is 1. The lowest BCUT2D eigenvalue weighted by molar-refractivity contribution is 0.306. The van der Waals surface area contributed by atoms with Gasteiger partial charge in [0.05, 0.1) is 5.69 Å². The minimum Gasteiger partial charge on any atom is -0.491 e. The lowest BCUT2D eigenvalue weighted by Crippen LogP contribution is -2.12. The molecule has 134 valence electrons. The van der Waals surface area contributed by atoms with Gasteiger partial charge in [0.15, 0.2) is 0 Å². The molecule has 0 saturated heterocycles. The lowest BCUT2D eigenvalue weighted by Gasteiger charge is -2.14. The van der Waals surface area contributed by atoms with E-state index in [-0.39, 0.29) is 0 Å². The van der Waals surface area contributed by atoms with Gasteiger partial charge in [0, 0.05) is 11.6 Å². The molecule has 4 heteroatoms. The topological polar surface area (TPSA) is 30.5 Å². The van der Waals surface area contributed by atoms with E-state index in [1.165, 1.54) is 0 Å². The number of para-hydroxylation sites is 2. The Bertz CT molecular complexity index is 837. The number of rotatable bonds is 8. The van der Waals surface area contributed by atoms with Gasteiger partial charge in [0.1, 0.15) is 24.7 Å². The van der Waals surface area contributed by atoms with Crippen LogP contribution in [0.3, 0.4) is 0 Å². The Balaban J connectivity index is 1.51. The summed E-state index contributed by atoms with van der Waals surface area (Å²) < 4.78 is 11.8. The molecule has 3 aromatic carbocycles. The lowest BCUT2D eigenvalue weighted by atomic mass is 10.2. The average Bonchev–Trinajstić information content (AvgIpc) is 2.66. The summed E-state index contributed by atoms with van der Waals surface area (Å²) in [5.41, 5.74) is 3.13. The molecular formula is C22H22ClNO2. The van der Waals surface area contributed by atoms with Gasteiger partial charge >= 0.3 is 0 Å². The highest BCUT2D eigenvalue weighted by Gasteiger charge is 2.04.